The van der Waals surface area contributed by atoms with Crippen LogP contribution in [0.3, 0.4) is 0 Å². The van der Waals surface area contributed by atoms with Gasteiger partial charge < -0.3 is 14.6 Å². The van der Waals surface area contributed by atoms with Crippen molar-refractivity contribution in [2.24, 2.45) is 7.05 Å². The third kappa shape index (κ3) is 4.25. The molecule has 0 amide bonds. The molecule has 20 heavy (non-hydrogen) atoms. The molecule has 1 aromatic carbocycles. The second kappa shape index (κ2) is 7.91. The third-order valence-corrected chi connectivity index (χ3v) is 3.90. The molecule has 0 radical (unpaired) electrons. The Kier molecular flexibility index (Phi) is 5.88. The molecule has 0 aliphatic rings. The molecule has 0 unspecified atom stereocenters. The Balaban J connectivity index is 1.68. The van der Waals surface area contributed by atoms with Crippen LogP contribution in [-0.4, -0.2) is 34.2 Å². The molecule has 5 nitrogen and oxygen atoms in total. The van der Waals surface area contributed by atoms with Crippen molar-refractivity contribution in [1.29, 1.82) is 0 Å². The molecule has 0 aliphatic carbocycles. The summed E-state index contributed by atoms with van der Waals surface area (Å²) in [5.41, 5.74) is 0. The summed E-state index contributed by atoms with van der Waals surface area (Å²) in [5, 5.41) is 12.4. The van der Waals surface area contributed by atoms with Gasteiger partial charge in [-0.2, -0.15) is 0 Å². The van der Waals surface area contributed by atoms with Gasteiger partial charge in [-0.15, -0.1) is 10.2 Å². The number of rotatable bonds is 8. The first-order valence-electron chi connectivity index (χ1n) is 6.65. The van der Waals surface area contributed by atoms with E-state index in [1.165, 1.54) is 0 Å². The summed E-state index contributed by atoms with van der Waals surface area (Å²) in [6, 6.07) is 9.89. The maximum atomic E-state index is 5.65. The molecule has 1 aromatic heterocycles. The number of ether oxygens (including phenoxy) is 1. The minimum atomic E-state index is 0.720. The van der Waals surface area contributed by atoms with Gasteiger partial charge in [-0.3, -0.25) is 0 Å². The van der Waals surface area contributed by atoms with E-state index in [4.69, 9.17) is 4.74 Å². The van der Waals surface area contributed by atoms with E-state index in [1.54, 1.807) is 11.8 Å². The quantitative estimate of drug-likeness (QED) is 0.596. The summed E-state index contributed by atoms with van der Waals surface area (Å²) >= 11 is 1.71. The molecule has 2 rings (SSSR count). The van der Waals surface area contributed by atoms with E-state index in [0.717, 1.165) is 42.1 Å². The van der Waals surface area contributed by atoms with Crippen molar-refractivity contribution >= 4 is 11.8 Å². The maximum absolute atomic E-state index is 5.65. The van der Waals surface area contributed by atoms with Crippen LogP contribution in [0.2, 0.25) is 0 Å². The Morgan fingerprint density at radius 3 is 2.80 bits per heavy atom. The van der Waals surface area contributed by atoms with Crippen LogP contribution in [0.25, 0.3) is 0 Å². The van der Waals surface area contributed by atoms with Gasteiger partial charge in [0.2, 0.25) is 0 Å². The van der Waals surface area contributed by atoms with Gasteiger partial charge in [0.1, 0.15) is 11.6 Å². The van der Waals surface area contributed by atoms with Crippen LogP contribution in [0.1, 0.15) is 12.2 Å². The number of nitrogens with one attached hydrogen (secondary N) is 1. The molecule has 0 saturated carbocycles. The zero-order valence-electron chi connectivity index (χ0n) is 11.9. The third-order valence-electron chi connectivity index (χ3n) is 2.79. The smallest absolute Gasteiger partial charge is 0.190 e. The molecular weight excluding hydrogens is 272 g/mol. The first-order chi connectivity index (χ1) is 9.81. The Bertz CT molecular complexity index is 515. The van der Waals surface area contributed by atoms with Crippen LogP contribution in [0.5, 0.6) is 5.75 Å². The molecule has 2 aromatic rings. The molecule has 0 spiro atoms. The van der Waals surface area contributed by atoms with Gasteiger partial charge in [0.15, 0.2) is 5.16 Å². The highest BCUT2D eigenvalue weighted by Crippen LogP contribution is 2.17. The number of para-hydroxylation sites is 1. The molecule has 0 aliphatic heterocycles. The summed E-state index contributed by atoms with van der Waals surface area (Å²) in [6.07, 6.45) is 0.980. The Hall–Kier alpha value is -1.53. The number of hydrogen-bond acceptors (Lipinski definition) is 5. The minimum absolute atomic E-state index is 0.720. The highest BCUT2D eigenvalue weighted by atomic mass is 32.2. The van der Waals surface area contributed by atoms with Crippen molar-refractivity contribution in [2.75, 3.05) is 19.4 Å². The maximum Gasteiger partial charge on any atom is 0.190 e. The summed E-state index contributed by atoms with van der Waals surface area (Å²) < 4.78 is 7.68. The van der Waals surface area contributed by atoms with Crippen molar-refractivity contribution in [3.05, 3.63) is 36.2 Å². The summed E-state index contributed by atoms with van der Waals surface area (Å²) in [5.74, 6) is 2.85. The lowest BCUT2D eigenvalue weighted by Gasteiger charge is -2.06. The predicted octanol–water partition coefficient (Wildman–Crippen LogP) is 2.10. The fourth-order valence-corrected chi connectivity index (χ4v) is 2.55. The average Bonchev–Trinajstić information content (AvgIpc) is 2.82. The Labute approximate surface area is 123 Å². The molecular formula is C14H20N4OS. The van der Waals surface area contributed by atoms with Gasteiger partial charge in [0.05, 0.1) is 13.2 Å². The second-order valence-corrected chi connectivity index (χ2v) is 5.41. The number of thioether (sulfide) groups is 1. The average molecular weight is 292 g/mol. The van der Waals surface area contributed by atoms with Crippen molar-refractivity contribution < 1.29 is 4.74 Å². The second-order valence-electron chi connectivity index (χ2n) is 4.35. The van der Waals surface area contributed by atoms with E-state index in [9.17, 15) is 0 Å². The van der Waals surface area contributed by atoms with Crippen molar-refractivity contribution in [1.82, 2.24) is 20.1 Å². The van der Waals surface area contributed by atoms with Crippen molar-refractivity contribution in [2.45, 2.75) is 18.1 Å². The largest absolute Gasteiger partial charge is 0.494 e. The lowest BCUT2D eigenvalue weighted by molar-refractivity contribution is 0.318. The van der Waals surface area contributed by atoms with E-state index in [0.29, 0.717) is 0 Å². The highest BCUT2D eigenvalue weighted by Gasteiger charge is 2.07. The van der Waals surface area contributed by atoms with Gasteiger partial charge in [0, 0.05) is 12.8 Å². The minimum Gasteiger partial charge on any atom is -0.494 e. The molecule has 6 heteroatoms. The number of benzene rings is 1. The summed E-state index contributed by atoms with van der Waals surface area (Å²) in [6.45, 7) is 1.46. The van der Waals surface area contributed by atoms with Crippen LogP contribution in [0, 0.1) is 0 Å². The van der Waals surface area contributed by atoms with Crippen molar-refractivity contribution in [3.63, 3.8) is 0 Å². The topological polar surface area (TPSA) is 52.0 Å². The SMILES string of the molecule is CNCc1nnc(SCCCOc2ccccc2)n1C. The molecule has 0 atom stereocenters. The van der Waals surface area contributed by atoms with Gasteiger partial charge in [-0.05, 0) is 25.6 Å². The Morgan fingerprint density at radius 2 is 2.05 bits per heavy atom. The lowest BCUT2D eigenvalue weighted by Crippen LogP contribution is -2.10. The van der Waals surface area contributed by atoms with Gasteiger partial charge in [0.25, 0.3) is 0 Å². The molecule has 0 saturated heterocycles. The summed E-state index contributed by atoms with van der Waals surface area (Å²) in [4.78, 5) is 0. The highest BCUT2D eigenvalue weighted by molar-refractivity contribution is 7.99. The molecule has 1 N–H and O–H groups in total. The first kappa shape index (κ1) is 14.9. The van der Waals surface area contributed by atoms with Gasteiger partial charge in [-0.1, -0.05) is 30.0 Å². The van der Waals surface area contributed by atoms with Crippen LogP contribution in [-0.2, 0) is 13.6 Å². The number of aromatic nitrogens is 3. The fraction of sp³-hybridized carbons (Fsp3) is 0.429. The van der Waals surface area contributed by atoms with E-state index < -0.39 is 0 Å². The van der Waals surface area contributed by atoms with E-state index >= 15 is 0 Å². The molecule has 0 bridgehead atoms. The van der Waals surface area contributed by atoms with Crippen LogP contribution >= 0.6 is 11.8 Å². The lowest BCUT2D eigenvalue weighted by atomic mass is 10.3. The van der Waals surface area contributed by atoms with Crippen LogP contribution < -0.4 is 10.1 Å². The fourth-order valence-electron chi connectivity index (χ4n) is 1.71. The van der Waals surface area contributed by atoms with Crippen LogP contribution in [0.15, 0.2) is 35.5 Å². The molecule has 0 fully saturated rings. The van der Waals surface area contributed by atoms with Gasteiger partial charge in [-0.25, -0.2) is 0 Å². The summed E-state index contributed by atoms with van der Waals surface area (Å²) in [7, 11) is 3.90. The molecule has 1 heterocycles. The number of nitrogens with zero attached hydrogens (tertiary/aromatic N) is 3. The monoisotopic (exact) mass is 292 g/mol. The van der Waals surface area contributed by atoms with Crippen LogP contribution in [0.4, 0.5) is 0 Å². The standard InChI is InChI=1S/C14H20N4OS/c1-15-11-13-16-17-14(18(13)2)20-10-6-9-19-12-7-4-3-5-8-12/h3-5,7-8,15H,6,9-11H2,1-2H3. The molecule has 108 valence electrons. The van der Waals surface area contributed by atoms with E-state index in [2.05, 4.69) is 15.5 Å². The van der Waals surface area contributed by atoms with E-state index in [1.807, 2.05) is 49.0 Å². The normalized spacial score (nSPS) is 10.7. The van der Waals surface area contributed by atoms with Gasteiger partial charge >= 0.3 is 0 Å². The van der Waals surface area contributed by atoms with Crippen molar-refractivity contribution in [3.8, 4) is 5.75 Å². The first-order valence-corrected chi connectivity index (χ1v) is 7.63. The zero-order valence-corrected chi connectivity index (χ0v) is 12.7. The Morgan fingerprint density at radius 1 is 1.25 bits per heavy atom. The zero-order chi connectivity index (χ0) is 14.2. The number of hydrogen-bond donors (Lipinski definition) is 1. The predicted molar refractivity (Wildman–Crippen MR) is 81.0 cm³/mol. The van der Waals surface area contributed by atoms with E-state index in [-0.39, 0.29) is 0 Å².